The van der Waals surface area contributed by atoms with Crippen LogP contribution in [0.25, 0.3) is 9.75 Å². The monoisotopic (exact) mass is 288 g/mol. The van der Waals surface area contributed by atoms with Gasteiger partial charge in [-0.05, 0) is 40.2 Å². The molecule has 0 saturated carbocycles. The Kier molecular flexibility index (Phi) is 2.71. The van der Waals surface area contributed by atoms with Crippen molar-refractivity contribution in [2.75, 3.05) is 0 Å². The van der Waals surface area contributed by atoms with Crippen molar-refractivity contribution in [2.45, 2.75) is 0 Å². The summed E-state index contributed by atoms with van der Waals surface area (Å²) in [6, 6.07) is 7.41. The third-order valence-corrected chi connectivity index (χ3v) is 4.53. The zero-order valence-electron chi connectivity index (χ0n) is 6.86. The van der Waals surface area contributed by atoms with E-state index in [0.29, 0.717) is 4.88 Å². The minimum atomic E-state index is -0.864. The molecule has 2 aromatic rings. The van der Waals surface area contributed by atoms with Gasteiger partial charge in [-0.1, -0.05) is 0 Å². The molecule has 0 amide bonds. The average Bonchev–Trinajstić information content (AvgIpc) is 2.70. The molecule has 2 nitrogen and oxygen atoms in total. The third-order valence-electron chi connectivity index (χ3n) is 1.63. The maximum absolute atomic E-state index is 10.7. The van der Waals surface area contributed by atoms with Gasteiger partial charge in [0.15, 0.2) is 0 Å². The van der Waals surface area contributed by atoms with Crippen molar-refractivity contribution in [1.29, 1.82) is 0 Å². The third kappa shape index (κ3) is 1.89. The molecule has 0 aromatic carbocycles. The number of aromatic carboxylic acids is 1. The van der Waals surface area contributed by atoms with E-state index in [2.05, 4.69) is 15.9 Å². The van der Waals surface area contributed by atoms with Gasteiger partial charge >= 0.3 is 5.97 Å². The minimum absolute atomic E-state index is 0.379. The van der Waals surface area contributed by atoms with Gasteiger partial charge in [0.25, 0.3) is 0 Å². The second-order valence-corrected chi connectivity index (χ2v) is 6.12. The Morgan fingerprint density at radius 2 is 1.79 bits per heavy atom. The second-order valence-electron chi connectivity index (χ2n) is 2.57. The normalized spacial score (nSPS) is 10.4. The Morgan fingerprint density at radius 3 is 2.29 bits per heavy atom. The van der Waals surface area contributed by atoms with E-state index in [0.717, 1.165) is 13.5 Å². The Labute approximate surface area is 97.0 Å². The molecule has 0 radical (unpaired) electrons. The second kappa shape index (κ2) is 3.84. The molecule has 0 saturated heterocycles. The van der Waals surface area contributed by atoms with Crippen molar-refractivity contribution in [2.24, 2.45) is 0 Å². The molecular weight excluding hydrogens is 284 g/mol. The van der Waals surface area contributed by atoms with Crippen LogP contribution in [0.15, 0.2) is 28.1 Å². The van der Waals surface area contributed by atoms with Gasteiger partial charge in [0.05, 0.1) is 3.79 Å². The number of halogens is 1. The lowest BCUT2D eigenvalue weighted by Crippen LogP contribution is -1.89. The molecule has 2 rings (SSSR count). The molecule has 0 aliphatic rings. The van der Waals surface area contributed by atoms with Crippen LogP contribution in [-0.4, -0.2) is 11.1 Å². The lowest BCUT2D eigenvalue weighted by molar-refractivity contribution is 0.0702. The van der Waals surface area contributed by atoms with Crippen molar-refractivity contribution < 1.29 is 9.90 Å². The highest BCUT2D eigenvalue weighted by atomic mass is 79.9. The Morgan fingerprint density at radius 1 is 1.14 bits per heavy atom. The van der Waals surface area contributed by atoms with Gasteiger partial charge in [-0.15, -0.1) is 22.7 Å². The SMILES string of the molecule is O=C(O)c1ccc(-c2ccc(Br)s2)s1. The van der Waals surface area contributed by atoms with E-state index in [1.807, 2.05) is 18.2 Å². The van der Waals surface area contributed by atoms with Crippen LogP contribution in [-0.2, 0) is 0 Å². The topological polar surface area (TPSA) is 37.3 Å². The predicted molar refractivity (Wildman–Crippen MR) is 62.3 cm³/mol. The van der Waals surface area contributed by atoms with Crippen molar-refractivity contribution in [3.8, 4) is 9.75 Å². The molecule has 14 heavy (non-hydrogen) atoms. The highest BCUT2D eigenvalue weighted by molar-refractivity contribution is 9.11. The van der Waals surface area contributed by atoms with Gasteiger partial charge in [-0.3, -0.25) is 0 Å². The van der Waals surface area contributed by atoms with Crippen molar-refractivity contribution in [1.82, 2.24) is 0 Å². The van der Waals surface area contributed by atoms with Crippen molar-refractivity contribution in [3.05, 3.63) is 32.9 Å². The smallest absolute Gasteiger partial charge is 0.345 e. The van der Waals surface area contributed by atoms with E-state index < -0.39 is 5.97 Å². The molecule has 2 aromatic heterocycles. The molecule has 0 bridgehead atoms. The summed E-state index contributed by atoms with van der Waals surface area (Å²) < 4.78 is 1.05. The van der Waals surface area contributed by atoms with E-state index in [4.69, 9.17) is 5.11 Å². The fourth-order valence-electron chi connectivity index (χ4n) is 1.03. The molecule has 0 aliphatic carbocycles. The van der Waals surface area contributed by atoms with E-state index in [1.165, 1.54) is 11.3 Å². The first kappa shape index (κ1) is 9.89. The molecular formula is C9H5BrO2S2. The van der Waals surface area contributed by atoms with Gasteiger partial charge < -0.3 is 5.11 Å². The van der Waals surface area contributed by atoms with Gasteiger partial charge in [-0.2, -0.15) is 0 Å². The van der Waals surface area contributed by atoms with Gasteiger partial charge in [0, 0.05) is 9.75 Å². The van der Waals surface area contributed by atoms with Crippen molar-refractivity contribution >= 4 is 44.6 Å². The Balaban J connectivity index is 2.38. The zero-order chi connectivity index (χ0) is 10.1. The highest BCUT2D eigenvalue weighted by Gasteiger charge is 2.09. The number of hydrogen-bond acceptors (Lipinski definition) is 3. The van der Waals surface area contributed by atoms with Gasteiger partial charge in [-0.25, -0.2) is 4.79 Å². The summed E-state index contributed by atoms with van der Waals surface area (Å²) in [5.74, 6) is -0.864. The number of carbonyl (C=O) groups is 1. The number of carboxylic acids is 1. The van der Waals surface area contributed by atoms with Crippen molar-refractivity contribution in [3.63, 3.8) is 0 Å². The summed E-state index contributed by atoms with van der Waals surface area (Å²) >= 11 is 6.27. The maximum Gasteiger partial charge on any atom is 0.345 e. The lowest BCUT2D eigenvalue weighted by atomic mass is 10.4. The number of rotatable bonds is 2. The lowest BCUT2D eigenvalue weighted by Gasteiger charge is -1.87. The van der Waals surface area contributed by atoms with Crippen LogP contribution >= 0.6 is 38.6 Å². The summed E-state index contributed by atoms with van der Waals surface area (Å²) in [7, 11) is 0. The van der Waals surface area contributed by atoms with E-state index in [-0.39, 0.29) is 0 Å². The zero-order valence-corrected chi connectivity index (χ0v) is 10.1. The molecule has 0 unspecified atom stereocenters. The summed E-state index contributed by atoms with van der Waals surface area (Å²) in [6.45, 7) is 0. The number of hydrogen-bond donors (Lipinski definition) is 1. The Bertz CT molecular complexity index is 473. The Hall–Kier alpha value is -0.650. The number of carboxylic acid groups (broad SMARTS) is 1. The summed E-state index contributed by atoms with van der Waals surface area (Å²) in [5.41, 5.74) is 0. The summed E-state index contributed by atoms with van der Waals surface area (Å²) in [4.78, 5) is 13.1. The van der Waals surface area contributed by atoms with Crippen LogP contribution in [0, 0.1) is 0 Å². The first-order valence-electron chi connectivity index (χ1n) is 3.75. The van der Waals surface area contributed by atoms with E-state index in [1.54, 1.807) is 17.4 Å². The summed E-state index contributed by atoms with van der Waals surface area (Å²) in [5, 5.41) is 8.75. The van der Waals surface area contributed by atoms with Crippen LogP contribution in [0.1, 0.15) is 9.67 Å². The molecule has 1 N–H and O–H groups in total. The quantitative estimate of drug-likeness (QED) is 0.909. The van der Waals surface area contributed by atoms with Crippen LogP contribution in [0.3, 0.4) is 0 Å². The van der Waals surface area contributed by atoms with Crippen LogP contribution in [0.2, 0.25) is 0 Å². The van der Waals surface area contributed by atoms with E-state index >= 15 is 0 Å². The highest BCUT2D eigenvalue weighted by Crippen LogP contribution is 2.35. The molecule has 0 fully saturated rings. The number of thiophene rings is 2. The van der Waals surface area contributed by atoms with Crippen LogP contribution in [0.4, 0.5) is 0 Å². The first-order valence-corrected chi connectivity index (χ1v) is 6.18. The van der Waals surface area contributed by atoms with Crippen LogP contribution in [0.5, 0.6) is 0 Å². The van der Waals surface area contributed by atoms with E-state index in [9.17, 15) is 4.79 Å². The summed E-state index contributed by atoms with van der Waals surface area (Å²) in [6.07, 6.45) is 0. The van der Waals surface area contributed by atoms with Crippen LogP contribution < -0.4 is 0 Å². The fourth-order valence-corrected chi connectivity index (χ4v) is 3.35. The average molecular weight is 289 g/mol. The fraction of sp³-hybridized carbons (Fsp3) is 0. The molecule has 2 heterocycles. The molecule has 0 atom stereocenters. The molecule has 5 heteroatoms. The first-order chi connectivity index (χ1) is 6.66. The molecule has 72 valence electrons. The van der Waals surface area contributed by atoms with Gasteiger partial charge in [0.1, 0.15) is 4.88 Å². The standard InChI is InChI=1S/C9H5BrO2S2/c10-8-4-3-6(14-8)5-1-2-7(13-5)9(11)12/h1-4H,(H,11,12). The molecule has 0 spiro atoms. The predicted octanol–water partition coefficient (Wildman–Crippen LogP) is 3.94. The maximum atomic E-state index is 10.7. The minimum Gasteiger partial charge on any atom is -0.477 e. The molecule has 0 aliphatic heterocycles. The van der Waals surface area contributed by atoms with Gasteiger partial charge in [0.2, 0.25) is 0 Å². The largest absolute Gasteiger partial charge is 0.477 e.